The SMILES string of the molecule is c1ccc2c(c1)-c1ccccc1C21c2cc(-c3ccc4ccc5cccc6ccc3c4c56)ccc2-c2c1c(-c1ccc3oc4ccccc4c3c1)cc1ccccc21. The minimum Gasteiger partial charge on any atom is -0.456 e. The fourth-order valence-electron chi connectivity index (χ4n) is 11.3. The maximum atomic E-state index is 6.37. The predicted molar refractivity (Wildman–Crippen MR) is 242 cm³/mol. The molecule has 0 fully saturated rings. The van der Waals surface area contributed by atoms with E-state index < -0.39 is 5.41 Å². The lowest BCUT2D eigenvalue weighted by Gasteiger charge is -2.33. The molecular formula is C57H32O. The molecule has 1 aromatic heterocycles. The third kappa shape index (κ3) is 3.72. The average Bonchev–Trinajstić information content (AvgIpc) is 3.92. The average molecular weight is 733 g/mol. The van der Waals surface area contributed by atoms with Gasteiger partial charge in [0.25, 0.3) is 0 Å². The number of benzene rings is 11. The van der Waals surface area contributed by atoms with Gasteiger partial charge in [-0.05, 0) is 140 Å². The summed E-state index contributed by atoms with van der Waals surface area (Å²) < 4.78 is 6.37. The van der Waals surface area contributed by atoms with Gasteiger partial charge in [0, 0.05) is 10.8 Å². The Hall–Kier alpha value is -7.48. The smallest absolute Gasteiger partial charge is 0.135 e. The van der Waals surface area contributed by atoms with Gasteiger partial charge in [0.05, 0.1) is 5.41 Å². The Morgan fingerprint density at radius 3 is 1.74 bits per heavy atom. The molecule has 1 heterocycles. The van der Waals surface area contributed by atoms with Gasteiger partial charge in [0.15, 0.2) is 0 Å². The van der Waals surface area contributed by atoms with Crippen molar-refractivity contribution in [2.24, 2.45) is 0 Å². The molecule has 0 atom stereocenters. The summed E-state index contributed by atoms with van der Waals surface area (Å²) in [6.45, 7) is 0. The van der Waals surface area contributed by atoms with Crippen molar-refractivity contribution in [3.05, 3.63) is 216 Å². The molecular weight excluding hydrogens is 701 g/mol. The summed E-state index contributed by atoms with van der Waals surface area (Å²) >= 11 is 0. The highest BCUT2D eigenvalue weighted by Gasteiger charge is 2.53. The Morgan fingerprint density at radius 2 is 0.914 bits per heavy atom. The molecule has 1 heteroatoms. The number of fused-ring (bicyclic) bond motifs is 15. The van der Waals surface area contributed by atoms with Crippen molar-refractivity contribution in [3.63, 3.8) is 0 Å². The molecule has 0 amide bonds. The Bertz CT molecular complexity index is 3690. The number of hydrogen-bond donors (Lipinski definition) is 0. The summed E-state index contributed by atoms with van der Waals surface area (Å²) in [5.74, 6) is 0. The highest BCUT2D eigenvalue weighted by atomic mass is 16.3. The van der Waals surface area contributed by atoms with E-state index in [4.69, 9.17) is 4.42 Å². The lowest BCUT2D eigenvalue weighted by atomic mass is 9.68. The van der Waals surface area contributed by atoms with E-state index >= 15 is 0 Å². The van der Waals surface area contributed by atoms with Crippen LogP contribution >= 0.6 is 0 Å². The van der Waals surface area contributed by atoms with Gasteiger partial charge in [0.2, 0.25) is 0 Å². The normalized spacial score (nSPS) is 13.7. The van der Waals surface area contributed by atoms with Crippen LogP contribution in [0.25, 0.3) is 110 Å². The van der Waals surface area contributed by atoms with E-state index in [2.05, 4.69) is 194 Å². The van der Waals surface area contributed by atoms with Gasteiger partial charge in [-0.2, -0.15) is 0 Å². The van der Waals surface area contributed by atoms with Crippen molar-refractivity contribution in [3.8, 4) is 44.5 Å². The fourth-order valence-corrected chi connectivity index (χ4v) is 11.3. The monoisotopic (exact) mass is 732 g/mol. The topological polar surface area (TPSA) is 13.1 Å². The van der Waals surface area contributed by atoms with Crippen molar-refractivity contribution in [1.29, 1.82) is 0 Å². The summed E-state index contributed by atoms with van der Waals surface area (Å²) in [7, 11) is 0. The number of rotatable bonds is 2. The van der Waals surface area contributed by atoms with Gasteiger partial charge < -0.3 is 4.42 Å². The summed E-state index contributed by atoms with van der Waals surface area (Å²) in [5.41, 5.74) is 16.9. The maximum absolute atomic E-state index is 6.37. The van der Waals surface area contributed by atoms with Crippen LogP contribution in [0.1, 0.15) is 22.3 Å². The van der Waals surface area contributed by atoms with Gasteiger partial charge in [-0.3, -0.25) is 0 Å². The molecule has 0 saturated heterocycles. The van der Waals surface area contributed by atoms with Crippen molar-refractivity contribution in [1.82, 2.24) is 0 Å². The van der Waals surface area contributed by atoms with Gasteiger partial charge in [-0.15, -0.1) is 0 Å². The molecule has 2 aliphatic carbocycles. The van der Waals surface area contributed by atoms with Crippen LogP contribution in [0, 0.1) is 0 Å². The number of furan rings is 1. The Kier molecular flexibility index (Phi) is 5.76. The van der Waals surface area contributed by atoms with Crippen molar-refractivity contribution < 1.29 is 4.42 Å². The Labute approximate surface area is 334 Å². The van der Waals surface area contributed by atoms with E-state index in [0.29, 0.717) is 0 Å². The minimum atomic E-state index is -0.551. The van der Waals surface area contributed by atoms with Crippen LogP contribution in [0.5, 0.6) is 0 Å². The quantitative estimate of drug-likeness (QED) is 0.161. The zero-order valence-corrected chi connectivity index (χ0v) is 31.4. The molecule has 0 unspecified atom stereocenters. The summed E-state index contributed by atoms with van der Waals surface area (Å²) in [6.07, 6.45) is 0. The highest BCUT2D eigenvalue weighted by molar-refractivity contribution is 6.25. The van der Waals surface area contributed by atoms with Gasteiger partial charge in [0.1, 0.15) is 11.2 Å². The first kappa shape index (κ1) is 30.7. The van der Waals surface area contributed by atoms with Crippen LogP contribution in [0.4, 0.5) is 0 Å². The molecule has 1 spiro atoms. The third-order valence-electron chi connectivity index (χ3n) is 13.6. The maximum Gasteiger partial charge on any atom is 0.135 e. The predicted octanol–water partition coefficient (Wildman–Crippen LogP) is 15.3. The lowest BCUT2D eigenvalue weighted by Crippen LogP contribution is -2.26. The standard InChI is InChI=1S/C57H32O/c1-2-13-40-36(10-1)30-46(37-25-29-52-47(31-37)43-16-5-8-19-51(43)58-52)56-55(40)45-28-24-38(32-50(45)57(56)48-17-6-3-14-41(48)42-15-4-7-18-49(42)57)39-26-22-35-21-20-33-11-9-12-34-23-27-44(39)54(35)53(33)34/h1-32H. The molecule has 0 saturated carbocycles. The molecule has 0 aliphatic heterocycles. The van der Waals surface area contributed by atoms with Crippen molar-refractivity contribution in [2.45, 2.75) is 5.41 Å². The molecule has 0 radical (unpaired) electrons. The van der Waals surface area contributed by atoms with E-state index in [-0.39, 0.29) is 0 Å². The first-order valence-electron chi connectivity index (χ1n) is 20.2. The largest absolute Gasteiger partial charge is 0.456 e. The summed E-state index contributed by atoms with van der Waals surface area (Å²) in [5, 5.41) is 12.7. The molecule has 12 aromatic rings. The Balaban J connectivity index is 1.13. The molecule has 1 nitrogen and oxygen atoms in total. The summed E-state index contributed by atoms with van der Waals surface area (Å²) in [4.78, 5) is 0. The number of para-hydroxylation sites is 1. The van der Waals surface area contributed by atoms with E-state index in [9.17, 15) is 0 Å². The fraction of sp³-hybridized carbons (Fsp3) is 0.0175. The van der Waals surface area contributed by atoms with Gasteiger partial charge >= 0.3 is 0 Å². The second kappa shape index (κ2) is 10.9. The van der Waals surface area contributed by atoms with Gasteiger partial charge in [-0.25, -0.2) is 0 Å². The zero-order chi connectivity index (χ0) is 37.7. The second-order valence-corrected chi connectivity index (χ2v) is 16.3. The van der Waals surface area contributed by atoms with Crippen LogP contribution in [0.2, 0.25) is 0 Å². The van der Waals surface area contributed by atoms with Crippen LogP contribution in [-0.4, -0.2) is 0 Å². The van der Waals surface area contributed by atoms with Crippen LogP contribution in [0.15, 0.2) is 199 Å². The molecule has 2 aliphatic rings. The van der Waals surface area contributed by atoms with E-state index in [0.717, 1.165) is 21.9 Å². The first-order chi connectivity index (χ1) is 28.8. The molecule has 11 aromatic carbocycles. The zero-order valence-electron chi connectivity index (χ0n) is 31.4. The molecule has 58 heavy (non-hydrogen) atoms. The lowest BCUT2D eigenvalue weighted by molar-refractivity contribution is 0.669. The summed E-state index contributed by atoms with van der Waals surface area (Å²) in [6, 6.07) is 72.9. The Morgan fingerprint density at radius 1 is 0.310 bits per heavy atom. The molecule has 266 valence electrons. The third-order valence-corrected chi connectivity index (χ3v) is 13.6. The van der Waals surface area contributed by atoms with Gasteiger partial charge in [-0.1, -0.05) is 164 Å². The van der Waals surface area contributed by atoms with Crippen molar-refractivity contribution >= 4 is 65.0 Å². The minimum absolute atomic E-state index is 0.551. The first-order valence-corrected chi connectivity index (χ1v) is 20.2. The van der Waals surface area contributed by atoms with Crippen LogP contribution in [-0.2, 0) is 5.41 Å². The highest BCUT2D eigenvalue weighted by Crippen LogP contribution is 2.66. The van der Waals surface area contributed by atoms with E-state index in [1.165, 1.54) is 110 Å². The number of hydrogen-bond acceptors (Lipinski definition) is 1. The van der Waals surface area contributed by atoms with Crippen LogP contribution in [0.3, 0.4) is 0 Å². The van der Waals surface area contributed by atoms with Crippen LogP contribution < -0.4 is 0 Å². The second-order valence-electron chi connectivity index (χ2n) is 16.3. The molecule has 0 bridgehead atoms. The van der Waals surface area contributed by atoms with Crippen molar-refractivity contribution in [2.75, 3.05) is 0 Å². The molecule has 14 rings (SSSR count). The molecule has 0 N–H and O–H groups in total. The van der Waals surface area contributed by atoms with E-state index in [1.807, 2.05) is 0 Å². The van der Waals surface area contributed by atoms with E-state index in [1.54, 1.807) is 0 Å².